The SMILES string of the molecule is OC(c1ccnc(Cl)n1)C1CC1. The van der Waals surface area contributed by atoms with Crippen molar-refractivity contribution in [2.24, 2.45) is 5.92 Å². The molecule has 1 aromatic heterocycles. The summed E-state index contributed by atoms with van der Waals surface area (Å²) in [6.07, 6.45) is 3.28. The molecular weight excluding hydrogens is 176 g/mol. The Bertz CT molecular complexity index is 288. The van der Waals surface area contributed by atoms with Crippen LogP contribution in [0.5, 0.6) is 0 Å². The number of hydrogen-bond acceptors (Lipinski definition) is 3. The van der Waals surface area contributed by atoms with Crippen LogP contribution >= 0.6 is 11.6 Å². The van der Waals surface area contributed by atoms with Crippen molar-refractivity contribution < 1.29 is 5.11 Å². The fraction of sp³-hybridized carbons (Fsp3) is 0.500. The molecule has 0 radical (unpaired) electrons. The molecule has 64 valence electrons. The van der Waals surface area contributed by atoms with Crippen molar-refractivity contribution in [3.05, 3.63) is 23.2 Å². The Morgan fingerprint density at radius 3 is 2.92 bits per heavy atom. The topological polar surface area (TPSA) is 46.0 Å². The van der Waals surface area contributed by atoms with Gasteiger partial charge in [0.15, 0.2) is 0 Å². The predicted octanol–water partition coefficient (Wildman–Crippen LogP) is 1.57. The summed E-state index contributed by atoms with van der Waals surface area (Å²) in [6, 6.07) is 1.70. The van der Waals surface area contributed by atoms with E-state index in [1.807, 2.05) is 0 Å². The minimum Gasteiger partial charge on any atom is -0.387 e. The zero-order valence-electron chi connectivity index (χ0n) is 6.44. The van der Waals surface area contributed by atoms with Crippen molar-refractivity contribution in [1.82, 2.24) is 9.97 Å². The van der Waals surface area contributed by atoms with E-state index in [9.17, 15) is 5.11 Å². The normalized spacial score (nSPS) is 19.2. The number of rotatable bonds is 2. The second-order valence-corrected chi connectivity index (χ2v) is 3.37. The summed E-state index contributed by atoms with van der Waals surface area (Å²) in [7, 11) is 0. The Morgan fingerprint density at radius 1 is 1.58 bits per heavy atom. The third-order valence-electron chi connectivity index (χ3n) is 2.02. The number of aliphatic hydroxyl groups excluding tert-OH is 1. The van der Waals surface area contributed by atoms with Gasteiger partial charge < -0.3 is 5.11 Å². The molecule has 1 aliphatic rings. The average Bonchev–Trinajstić information content (AvgIpc) is 2.85. The van der Waals surface area contributed by atoms with Gasteiger partial charge in [0.05, 0.1) is 11.8 Å². The molecule has 2 rings (SSSR count). The third-order valence-corrected chi connectivity index (χ3v) is 2.20. The first-order valence-corrected chi connectivity index (χ1v) is 4.31. The first-order valence-electron chi connectivity index (χ1n) is 3.94. The zero-order chi connectivity index (χ0) is 8.55. The molecule has 0 bridgehead atoms. The second kappa shape index (κ2) is 2.99. The van der Waals surface area contributed by atoms with Crippen LogP contribution in [0.4, 0.5) is 0 Å². The summed E-state index contributed by atoms with van der Waals surface area (Å²) in [4.78, 5) is 7.68. The van der Waals surface area contributed by atoms with Crippen molar-refractivity contribution >= 4 is 11.6 Å². The minimum absolute atomic E-state index is 0.201. The van der Waals surface area contributed by atoms with Gasteiger partial charge in [-0.05, 0) is 36.4 Å². The maximum atomic E-state index is 9.64. The highest BCUT2D eigenvalue weighted by Crippen LogP contribution is 2.40. The largest absolute Gasteiger partial charge is 0.387 e. The van der Waals surface area contributed by atoms with Crippen molar-refractivity contribution in [2.75, 3.05) is 0 Å². The summed E-state index contributed by atoms with van der Waals surface area (Å²) < 4.78 is 0. The molecule has 12 heavy (non-hydrogen) atoms. The monoisotopic (exact) mass is 184 g/mol. The predicted molar refractivity (Wildman–Crippen MR) is 44.7 cm³/mol. The number of hydrogen-bond donors (Lipinski definition) is 1. The van der Waals surface area contributed by atoms with Gasteiger partial charge in [0.1, 0.15) is 0 Å². The van der Waals surface area contributed by atoms with Gasteiger partial charge in [-0.15, -0.1) is 0 Å². The van der Waals surface area contributed by atoms with Crippen LogP contribution in [0.15, 0.2) is 12.3 Å². The van der Waals surface area contributed by atoms with Gasteiger partial charge in [0.2, 0.25) is 5.28 Å². The lowest BCUT2D eigenvalue weighted by Gasteiger charge is -2.06. The molecule has 0 saturated heterocycles. The van der Waals surface area contributed by atoms with Crippen LogP contribution in [0.1, 0.15) is 24.6 Å². The standard InChI is InChI=1S/C8H9ClN2O/c9-8-10-4-3-6(11-8)7(12)5-1-2-5/h3-5,7,12H,1-2H2. The molecular formula is C8H9ClN2O. The third kappa shape index (κ3) is 1.57. The highest BCUT2D eigenvalue weighted by molar-refractivity contribution is 6.28. The maximum absolute atomic E-state index is 9.64. The molecule has 1 unspecified atom stereocenters. The fourth-order valence-corrected chi connectivity index (χ4v) is 1.32. The lowest BCUT2D eigenvalue weighted by molar-refractivity contribution is 0.149. The molecule has 1 atom stereocenters. The average molecular weight is 185 g/mol. The Labute approximate surface area is 75.4 Å². The van der Waals surface area contributed by atoms with Crippen LogP contribution in [0.2, 0.25) is 5.28 Å². The van der Waals surface area contributed by atoms with E-state index in [0.29, 0.717) is 11.6 Å². The van der Waals surface area contributed by atoms with Gasteiger partial charge in [0.25, 0.3) is 0 Å². The van der Waals surface area contributed by atoms with Crippen molar-refractivity contribution in [1.29, 1.82) is 0 Å². The van der Waals surface area contributed by atoms with E-state index in [4.69, 9.17) is 11.6 Å². The number of aromatic nitrogens is 2. The maximum Gasteiger partial charge on any atom is 0.222 e. The Balaban J connectivity index is 2.20. The first kappa shape index (κ1) is 7.95. The molecule has 0 amide bonds. The Hall–Kier alpha value is -0.670. The molecule has 1 heterocycles. The molecule has 4 heteroatoms. The molecule has 1 fully saturated rings. The molecule has 1 N–H and O–H groups in total. The van der Waals surface area contributed by atoms with Gasteiger partial charge in [0, 0.05) is 6.20 Å². The molecule has 0 spiro atoms. The van der Waals surface area contributed by atoms with Crippen molar-refractivity contribution in [3.63, 3.8) is 0 Å². The summed E-state index contributed by atoms with van der Waals surface area (Å²) >= 11 is 5.58. The molecule has 0 aliphatic heterocycles. The highest BCUT2D eigenvalue weighted by atomic mass is 35.5. The lowest BCUT2D eigenvalue weighted by Crippen LogP contribution is -2.02. The van der Waals surface area contributed by atoms with E-state index < -0.39 is 6.10 Å². The summed E-state index contributed by atoms with van der Waals surface area (Å²) in [6.45, 7) is 0. The Kier molecular flexibility index (Phi) is 1.98. The Morgan fingerprint density at radius 2 is 2.33 bits per heavy atom. The van der Waals surface area contributed by atoms with Gasteiger partial charge in [-0.1, -0.05) is 0 Å². The first-order chi connectivity index (χ1) is 5.77. The molecule has 0 aromatic carbocycles. The fourth-order valence-electron chi connectivity index (χ4n) is 1.17. The molecule has 1 saturated carbocycles. The number of aliphatic hydroxyl groups is 1. The summed E-state index contributed by atoms with van der Waals surface area (Å²) in [5.74, 6) is 0.385. The lowest BCUT2D eigenvalue weighted by atomic mass is 10.1. The van der Waals surface area contributed by atoms with E-state index in [2.05, 4.69) is 9.97 Å². The molecule has 3 nitrogen and oxygen atoms in total. The van der Waals surface area contributed by atoms with Crippen molar-refractivity contribution in [3.8, 4) is 0 Å². The van der Waals surface area contributed by atoms with Crippen molar-refractivity contribution in [2.45, 2.75) is 18.9 Å². The zero-order valence-corrected chi connectivity index (χ0v) is 7.20. The molecule has 1 aliphatic carbocycles. The summed E-state index contributed by atoms with van der Waals surface area (Å²) in [5, 5.41) is 9.84. The van der Waals surface area contributed by atoms with Crippen LogP contribution in [0.3, 0.4) is 0 Å². The molecule has 1 aromatic rings. The van der Waals surface area contributed by atoms with Crippen LogP contribution in [0.25, 0.3) is 0 Å². The summed E-state index contributed by atoms with van der Waals surface area (Å²) in [5.41, 5.74) is 0.637. The van der Waals surface area contributed by atoms with Gasteiger partial charge >= 0.3 is 0 Å². The van der Waals surface area contributed by atoms with E-state index in [0.717, 1.165) is 12.8 Å². The van der Waals surface area contributed by atoms with Crippen LogP contribution in [-0.2, 0) is 0 Å². The minimum atomic E-state index is -0.453. The van der Waals surface area contributed by atoms with E-state index in [1.165, 1.54) is 0 Å². The van der Waals surface area contributed by atoms with Crippen LogP contribution < -0.4 is 0 Å². The number of nitrogens with zero attached hydrogens (tertiary/aromatic N) is 2. The van der Waals surface area contributed by atoms with Gasteiger partial charge in [-0.3, -0.25) is 0 Å². The van der Waals surface area contributed by atoms with E-state index in [1.54, 1.807) is 12.3 Å². The van der Waals surface area contributed by atoms with Crippen LogP contribution in [-0.4, -0.2) is 15.1 Å². The van der Waals surface area contributed by atoms with Gasteiger partial charge in [-0.25, -0.2) is 9.97 Å². The highest BCUT2D eigenvalue weighted by Gasteiger charge is 2.31. The second-order valence-electron chi connectivity index (χ2n) is 3.03. The van der Waals surface area contributed by atoms with E-state index in [-0.39, 0.29) is 5.28 Å². The smallest absolute Gasteiger partial charge is 0.222 e. The van der Waals surface area contributed by atoms with Crippen LogP contribution in [0, 0.1) is 5.92 Å². The van der Waals surface area contributed by atoms with E-state index >= 15 is 0 Å². The van der Waals surface area contributed by atoms with Gasteiger partial charge in [-0.2, -0.15) is 0 Å². The quantitative estimate of drug-likeness (QED) is 0.710. The number of halogens is 1.